The highest BCUT2D eigenvalue weighted by atomic mass is 16.5. The lowest BCUT2D eigenvalue weighted by molar-refractivity contribution is -0.0142. The maximum Gasteiger partial charge on any atom is 0.125 e. The van der Waals surface area contributed by atoms with Crippen molar-refractivity contribution in [3.63, 3.8) is 0 Å². The van der Waals surface area contributed by atoms with Crippen LogP contribution < -0.4 is 15.2 Å². The molecule has 2 bridgehead atoms. The minimum absolute atomic E-state index is 0.0317. The Hall–Kier alpha value is -1.22. The zero-order valence-corrected chi connectivity index (χ0v) is 11.4. The van der Waals surface area contributed by atoms with Crippen molar-refractivity contribution in [1.29, 1.82) is 0 Å². The van der Waals surface area contributed by atoms with Gasteiger partial charge < -0.3 is 15.2 Å². The monoisotopic (exact) mass is 259 g/mol. The van der Waals surface area contributed by atoms with Crippen molar-refractivity contribution in [3.8, 4) is 11.5 Å². The molecule has 2 aliphatic carbocycles. The normalized spacial score (nSPS) is 39.2. The van der Waals surface area contributed by atoms with Gasteiger partial charge >= 0.3 is 0 Å². The third-order valence-corrected chi connectivity index (χ3v) is 5.41. The first kappa shape index (κ1) is 11.6. The molecule has 3 nitrogen and oxygen atoms in total. The molecule has 4 rings (SSSR count). The van der Waals surface area contributed by atoms with Crippen LogP contribution in [-0.2, 0) is 0 Å². The molecule has 4 unspecified atom stereocenters. The average molecular weight is 259 g/mol. The molecule has 0 amide bonds. The second-order valence-electron chi connectivity index (χ2n) is 6.46. The van der Waals surface area contributed by atoms with Crippen LogP contribution in [0.1, 0.15) is 43.7 Å². The van der Waals surface area contributed by atoms with E-state index in [0.717, 1.165) is 35.3 Å². The van der Waals surface area contributed by atoms with Crippen molar-refractivity contribution in [2.75, 3.05) is 7.11 Å². The lowest BCUT2D eigenvalue weighted by Gasteiger charge is -2.44. The molecule has 102 valence electrons. The van der Waals surface area contributed by atoms with E-state index in [-0.39, 0.29) is 11.6 Å². The molecule has 1 aromatic rings. The fraction of sp³-hybridized carbons (Fsp3) is 0.625. The van der Waals surface area contributed by atoms with E-state index in [9.17, 15) is 0 Å². The summed E-state index contributed by atoms with van der Waals surface area (Å²) in [5.74, 6) is 3.43. The Labute approximate surface area is 114 Å². The van der Waals surface area contributed by atoms with Gasteiger partial charge in [0.25, 0.3) is 0 Å². The molecule has 1 aliphatic heterocycles. The van der Waals surface area contributed by atoms with Crippen LogP contribution in [0.2, 0.25) is 0 Å². The van der Waals surface area contributed by atoms with Crippen LogP contribution in [-0.4, -0.2) is 12.7 Å². The fourth-order valence-electron chi connectivity index (χ4n) is 4.55. The molecule has 4 atom stereocenters. The smallest absolute Gasteiger partial charge is 0.125 e. The van der Waals surface area contributed by atoms with E-state index in [0.29, 0.717) is 0 Å². The predicted octanol–water partition coefficient (Wildman–Crippen LogP) is 3.04. The maximum atomic E-state index is 6.45. The molecule has 3 aliphatic rings. The summed E-state index contributed by atoms with van der Waals surface area (Å²) in [7, 11) is 1.69. The first-order valence-corrected chi connectivity index (χ1v) is 7.33. The summed E-state index contributed by atoms with van der Waals surface area (Å²) >= 11 is 0. The maximum absolute atomic E-state index is 6.45. The quantitative estimate of drug-likeness (QED) is 0.843. The van der Waals surface area contributed by atoms with E-state index in [1.54, 1.807) is 7.11 Å². The Morgan fingerprint density at radius 3 is 2.89 bits per heavy atom. The first-order chi connectivity index (χ1) is 9.20. The average Bonchev–Trinajstić information content (AvgIpc) is 2.99. The number of rotatable bonds is 1. The minimum atomic E-state index is 0.0317. The summed E-state index contributed by atoms with van der Waals surface area (Å²) in [6.07, 6.45) is 6.23. The third kappa shape index (κ3) is 1.61. The molecule has 1 heterocycles. The van der Waals surface area contributed by atoms with Gasteiger partial charge in [-0.25, -0.2) is 0 Å². The molecule has 2 fully saturated rings. The van der Waals surface area contributed by atoms with Gasteiger partial charge in [-0.05, 0) is 55.7 Å². The molecule has 1 spiro atoms. The zero-order chi connectivity index (χ0) is 13.0. The van der Waals surface area contributed by atoms with Crippen LogP contribution in [0, 0.1) is 11.8 Å². The number of ether oxygens (including phenoxy) is 2. The van der Waals surface area contributed by atoms with E-state index in [2.05, 4.69) is 0 Å². The zero-order valence-electron chi connectivity index (χ0n) is 11.4. The molecular formula is C16H21NO2. The largest absolute Gasteiger partial charge is 0.497 e. The molecule has 3 heteroatoms. The highest BCUT2D eigenvalue weighted by Crippen LogP contribution is 2.57. The number of nitrogens with two attached hydrogens (primary N) is 1. The van der Waals surface area contributed by atoms with Crippen molar-refractivity contribution in [2.45, 2.75) is 43.7 Å². The van der Waals surface area contributed by atoms with Crippen molar-refractivity contribution in [2.24, 2.45) is 17.6 Å². The Balaban J connectivity index is 1.71. The van der Waals surface area contributed by atoms with E-state index in [4.69, 9.17) is 15.2 Å². The molecule has 1 aromatic carbocycles. The van der Waals surface area contributed by atoms with Crippen LogP contribution in [0.15, 0.2) is 18.2 Å². The summed E-state index contributed by atoms with van der Waals surface area (Å²) in [6.45, 7) is 0. The SMILES string of the molecule is COc1ccc2c(c1)C(N)CC1(CC3CCC1C3)O2. The summed E-state index contributed by atoms with van der Waals surface area (Å²) in [5.41, 5.74) is 7.56. The second-order valence-corrected chi connectivity index (χ2v) is 6.46. The third-order valence-electron chi connectivity index (χ3n) is 5.41. The fourth-order valence-corrected chi connectivity index (χ4v) is 4.55. The van der Waals surface area contributed by atoms with Gasteiger partial charge in [0.15, 0.2) is 0 Å². The van der Waals surface area contributed by atoms with Gasteiger partial charge in [0, 0.05) is 18.0 Å². The topological polar surface area (TPSA) is 44.5 Å². The van der Waals surface area contributed by atoms with Gasteiger partial charge in [0.1, 0.15) is 17.1 Å². The summed E-state index contributed by atoms with van der Waals surface area (Å²) in [5, 5.41) is 0. The summed E-state index contributed by atoms with van der Waals surface area (Å²) < 4.78 is 11.7. The van der Waals surface area contributed by atoms with Crippen molar-refractivity contribution < 1.29 is 9.47 Å². The number of methoxy groups -OCH3 is 1. The van der Waals surface area contributed by atoms with E-state index in [1.807, 2.05) is 18.2 Å². The van der Waals surface area contributed by atoms with Crippen LogP contribution in [0.25, 0.3) is 0 Å². The number of hydrogen-bond acceptors (Lipinski definition) is 3. The Morgan fingerprint density at radius 2 is 2.21 bits per heavy atom. The molecule has 0 radical (unpaired) electrons. The van der Waals surface area contributed by atoms with Crippen molar-refractivity contribution >= 4 is 0 Å². The Bertz CT molecular complexity index is 515. The first-order valence-electron chi connectivity index (χ1n) is 7.33. The van der Waals surface area contributed by atoms with Gasteiger partial charge in [0.2, 0.25) is 0 Å². The molecule has 2 saturated carbocycles. The highest BCUT2D eigenvalue weighted by molar-refractivity contribution is 5.44. The Kier molecular flexibility index (Phi) is 2.37. The summed E-state index contributed by atoms with van der Waals surface area (Å²) in [4.78, 5) is 0. The van der Waals surface area contributed by atoms with Gasteiger partial charge in [-0.15, -0.1) is 0 Å². The van der Waals surface area contributed by atoms with Crippen LogP contribution in [0.4, 0.5) is 0 Å². The van der Waals surface area contributed by atoms with Crippen LogP contribution in [0.3, 0.4) is 0 Å². The van der Waals surface area contributed by atoms with Crippen LogP contribution in [0.5, 0.6) is 11.5 Å². The van der Waals surface area contributed by atoms with Gasteiger partial charge in [-0.1, -0.05) is 0 Å². The highest BCUT2D eigenvalue weighted by Gasteiger charge is 2.55. The minimum Gasteiger partial charge on any atom is -0.497 e. The second kappa shape index (κ2) is 3.89. The standard InChI is InChI=1S/C16H21NO2/c1-18-12-4-5-15-13(7-12)14(17)9-16(19-15)8-10-2-3-11(16)6-10/h4-5,7,10-11,14H,2-3,6,8-9,17H2,1H3. The van der Waals surface area contributed by atoms with Gasteiger partial charge in [0.05, 0.1) is 7.11 Å². The predicted molar refractivity (Wildman–Crippen MR) is 73.3 cm³/mol. The number of fused-ring (bicyclic) bond motifs is 4. The van der Waals surface area contributed by atoms with Crippen molar-refractivity contribution in [3.05, 3.63) is 23.8 Å². The molecule has 0 saturated heterocycles. The lowest BCUT2D eigenvalue weighted by atomic mass is 9.76. The molecular weight excluding hydrogens is 238 g/mol. The Morgan fingerprint density at radius 1 is 1.32 bits per heavy atom. The van der Waals surface area contributed by atoms with Gasteiger partial charge in [-0.2, -0.15) is 0 Å². The lowest BCUT2D eigenvalue weighted by Crippen LogP contribution is -2.47. The van der Waals surface area contributed by atoms with Crippen molar-refractivity contribution in [1.82, 2.24) is 0 Å². The molecule has 19 heavy (non-hydrogen) atoms. The molecule has 2 N–H and O–H groups in total. The van der Waals surface area contributed by atoms with Crippen LogP contribution >= 0.6 is 0 Å². The summed E-state index contributed by atoms with van der Waals surface area (Å²) in [6, 6.07) is 6.11. The van der Waals surface area contributed by atoms with E-state index in [1.165, 1.54) is 25.7 Å². The molecule has 0 aromatic heterocycles. The van der Waals surface area contributed by atoms with E-state index < -0.39 is 0 Å². The number of benzene rings is 1. The van der Waals surface area contributed by atoms with E-state index >= 15 is 0 Å². The van der Waals surface area contributed by atoms with Gasteiger partial charge in [-0.3, -0.25) is 0 Å². The number of hydrogen-bond donors (Lipinski definition) is 1.